The first-order valence-corrected chi connectivity index (χ1v) is 7.39. The van der Waals surface area contributed by atoms with Crippen LogP contribution < -0.4 is 10.6 Å². The summed E-state index contributed by atoms with van der Waals surface area (Å²) >= 11 is 0. The molecule has 1 fully saturated rings. The number of hydrogen-bond donors (Lipinski definition) is 1. The van der Waals surface area contributed by atoms with Gasteiger partial charge in [0.05, 0.1) is 0 Å². The zero-order chi connectivity index (χ0) is 15.5. The Morgan fingerprint density at radius 2 is 1.82 bits per heavy atom. The number of benzene rings is 2. The van der Waals surface area contributed by atoms with Gasteiger partial charge in [-0.2, -0.15) is 0 Å². The maximum Gasteiger partial charge on any atom is 0.227 e. The predicted octanol–water partition coefficient (Wildman–Crippen LogP) is 2.23. The Balaban J connectivity index is 1.87. The van der Waals surface area contributed by atoms with Gasteiger partial charge in [0.2, 0.25) is 5.91 Å². The van der Waals surface area contributed by atoms with E-state index < -0.39 is 0 Å². The number of carbonyl (C=O) groups is 2. The molecule has 4 heteroatoms. The quantitative estimate of drug-likeness (QED) is 0.880. The zero-order valence-electron chi connectivity index (χ0n) is 12.2. The van der Waals surface area contributed by atoms with E-state index >= 15 is 0 Å². The van der Waals surface area contributed by atoms with Crippen LogP contribution in [-0.4, -0.2) is 24.8 Å². The van der Waals surface area contributed by atoms with Crippen LogP contribution in [0.15, 0.2) is 54.6 Å². The van der Waals surface area contributed by atoms with Crippen molar-refractivity contribution in [3.63, 3.8) is 0 Å². The molecule has 1 aliphatic heterocycles. The summed E-state index contributed by atoms with van der Waals surface area (Å²) in [6.45, 7) is 1.13. The molecule has 1 heterocycles. The van der Waals surface area contributed by atoms with Crippen LogP contribution in [0.2, 0.25) is 0 Å². The maximum absolute atomic E-state index is 12.5. The van der Waals surface area contributed by atoms with Crippen molar-refractivity contribution in [3.05, 3.63) is 65.7 Å². The monoisotopic (exact) mass is 294 g/mol. The first kappa shape index (κ1) is 14.5. The zero-order valence-corrected chi connectivity index (χ0v) is 12.2. The van der Waals surface area contributed by atoms with Crippen molar-refractivity contribution < 1.29 is 9.59 Å². The summed E-state index contributed by atoms with van der Waals surface area (Å²) in [5, 5.41) is 0. The maximum atomic E-state index is 12.5. The lowest BCUT2D eigenvalue weighted by atomic mass is 10.0. The van der Waals surface area contributed by atoms with E-state index in [0.717, 1.165) is 5.69 Å². The Morgan fingerprint density at radius 3 is 2.50 bits per heavy atom. The second-order valence-corrected chi connectivity index (χ2v) is 5.56. The normalized spacial score (nSPS) is 17.8. The minimum Gasteiger partial charge on any atom is -0.330 e. The standard InChI is InChI=1S/C18H18N2O2/c19-11-13-9-17(21)20(12-13)16-8-4-7-15(10-16)18(22)14-5-2-1-3-6-14/h1-8,10,13H,9,11-12,19H2. The number of anilines is 1. The first-order chi connectivity index (χ1) is 10.7. The number of carbonyl (C=O) groups excluding carboxylic acids is 2. The number of hydrogen-bond acceptors (Lipinski definition) is 3. The highest BCUT2D eigenvalue weighted by molar-refractivity contribution is 6.10. The lowest BCUT2D eigenvalue weighted by molar-refractivity contribution is -0.117. The fraction of sp³-hybridized carbons (Fsp3) is 0.222. The van der Waals surface area contributed by atoms with Crippen LogP contribution in [0, 0.1) is 5.92 Å². The van der Waals surface area contributed by atoms with E-state index in [4.69, 9.17) is 5.73 Å². The molecule has 112 valence electrons. The Bertz CT molecular complexity index is 697. The van der Waals surface area contributed by atoms with Gasteiger partial charge < -0.3 is 10.6 Å². The second-order valence-electron chi connectivity index (χ2n) is 5.56. The highest BCUT2D eigenvalue weighted by Gasteiger charge is 2.29. The van der Waals surface area contributed by atoms with Crippen LogP contribution in [0.25, 0.3) is 0 Å². The topological polar surface area (TPSA) is 63.4 Å². The third-order valence-electron chi connectivity index (χ3n) is 3.99. The Morgan fingerprint density at radius 1 is 1.09 bits per heavy atom. The molecule has 0 spiro atoms. The number of nitrogens with zero attached hydrogens (tertiary/aromatic N) is 1. The number of ketones is 1. The van der Waals surface area contributed by atoms with Gasteiger partial charge in [-0.3, -0.25) is 9.59 Å². The summed E-state index contributed by atoms with van der Waals surface area (Å²) in [6, 6.07) is 16.4. The van der Waals surface area contributed by atoms with E-state index in [1.54, 1.807) is 29.2 Å². The van der Waals surface area contributed by atoms with Crippen LogP contribution in [-0.2, 0) is 4.79 Å². The minimum absolute atomic E-state index is 0.0375. The highest BCUT2D eigenvalue weighted by Crippen LogP contribution is 2.26. The van der Waals surface area contributed by atoms with Crippen LogP contribution in [0.1, 0.15) is 22.3 Å². The van der Waals surface area contributed by atoms with Crippen molar-refractivity contribution in [2.75, 3.05) is 18.0 Å². The molecule has 1 unspecified atom stereocenters. The largest absolute Gasteiger partial charge is 0.330 e. The summed E-state index contributed by atoms with van der Waals surface area (Å²) in [6.07, 6.45) is 0.480. The molecule has 0 aliphatic carbocycles. The van der Waals surface area contributed by atoms with Gasteiger partial charge in [0, 0.05) is 29.8 Å². The molecule has 0 aromatic heterocycles. The number of amides is 1. The molecule has 1 saturated heterocycles. The molecular formula is C18H18N2O2. The van der Waals surface area contributed by atoms with Gasteiger partial charge in [0.25, 0.3) is 0 Å². The molecule has 0 radical (unpaired) electrons. The van der Waals surface area contributed by atoms with Gasteiger partial charge in [0.1, 0.15) is 0 Å². The summed E-state index contributed by atoms with van der Waals surface area (Å²) < 4.78 is 0. The lowest BCUT2D eigenvalue weighted by Crippen LogP contribution is -2.25. The van der Waals surface area contributed by atoms with Gasteiger partial charge in [-0.15, -0.1) is 0 Å². The first-order valence-electron chi connectivity index (χ1n) is 7.39. The summed E-state index contributed by atoms with van der Waals surface area (Å²) in [5.41, 5.74) is 7.66. The van der Waals surface area contributed by atoms with Crippen molar-refractivity contribution in [3.8, 4) is 0 Å². The van der Waals surface area contributed by atoms with Crippen LogP contribution in [0.5, 0.6) is 0 Å². The van der Waals surface area contributed by atoms with Crippen LogP contribution in [0.4, 0.5) is 5.69 Å². The fourth-order valence-electron chi connectivity index (χ4n) is 2.76. The van der Waals surface area contributed by atoms with Crippen LogP contribution in [0.3, 0.4) is 0 Å². The van der Waals surface area contributed by atoms with Gasteiger partial charge >= 0.3 is 0 Å². The third-order valence-corrected chi connectivity index (χ3v) is 3.99. The lowest BCUT2D eigenvalue weighted by Gasteiger charge is -2.17. The third kappa shape index (κ3) is 2.78. The molecule has 2 N–H and O–H groups in total. The number of rotatable bonds is 4. The van der Waals surface area contributed by atoms with E-state index in [0.29, 0.717) is 30.6 Å². The van der Waals surface area contributed by atoms with Crippen molar-refractivity contribution in [2.45, 2.75) is 6.42 Å². The Hall–Kier alpha value is -2.46. The number of nitrogens with two attached hydrogens (primary N) is 1. The van der Waals surface area contributed by atoms with Gasteiger partial charge in [-0.05, 0) is 24.6 Å². The van der Waals surface area contributed by atoms with Crippen molar-refractivity contribution in [1.29, 1.82) is 0 Å². The Labute approximate surface area is 129 Å². The SMILES string of the molecule is NCC1CC(=O)N(c2cccc(C(=O)c3ccccc3)c2)C1. The molecule has 1 atom stereocenters. The molecule has 1 aliphatic rings. The highest BCUT2D eigenvalue weighted by atomic mass is 16.2. The van der Waals surface area contributed by atoms with Gasteiger partial charge in [-0.25, -0.2) is 0 Å². The van der Waals surface area contributed by atoms with Gasteiger partial charge in [-0.1, -0.05) is 42.5 Å². The average Bonchev–Trinajstić information content (AvgIpc) is 2.96. The predicted molar refractivity (Wildman–Crippen MR) is 85.8 cm³/mol. The summed E-state index contributed by atoms with van der Waals surface area (Å²) in [4.78, 5) is 26.3. The summed E-state index contributed by atoms with van der Waals surface area (Å²) in [5.74, 6) is 0.227. The van der Waals surface area contributed by atoms with Crippen molar-refractivity contribution in [2.24, 2.45) is 11.7 Å². The van der Waals surface area contributed by atoms with E-state index in [2.05, 4.69) is 0 Å². The molecule has 0 saturated carbocycles. The molecule has 3 rings (SSSR count). The van der Waals surface area contributed by atoms with Crippen molar-refractivity contribution >= 4 is 17.4 Å². The van der Waals surface area contributed by atoms with Crippen molar-refractivity contribution in [1.82, 2.24) is 0 Å². The Kier molecular flexibility index (Phi) is 4.02. The summed E-state index contributed by atoms with van der Waals surface area (Å²) in [7, 11) is 0. The average molecular weight is 294 g/mol. The van der Waals surface area contributed by atoms with E-state index in [1.807, 2.05) is 30.3 Å². The molecule has 0 bridgehead atoms. The molecule has 4 nitrogen and oxygen atoms in total. The molecule has 22 heavy (non-hydrogen) atoms. The van der Waals surface area contributed by atoms with E-state index in [-0.39, 0.29) is 17.6 Å². The minimum atomic E-state index is -0.0375. The van der Waals surface area contributed by atoms with Gasteiger partial charge in [0.15, 0.2) is 5.78 Å². The van der Waals surface area contributed by atoms with E-state index in [1.165, 1.54) is 0 Å². The fourth-order valence-corrected chi connectivity index (χ4v) is 2.76. The van der Waals surface area contributed by atoms with E-state index in [9.17, 15) is 9.59 Å². The molecule has 2 aromatic rings. The smallest absolute Gasteiger partial charge is 0.227 e. The second kappa shape index (κ2) is 6.12. The molecule has 2 aromatic carbocycles. The van der Waals surface area contributed by atoms with Crippen LogP contribution >= 0.6 is 0 Å². The molecular weight excluding hydrogens is 276 g/mol. The molecule has 1 amide bonds.